The van der Waals surface area contributed by atoms with Crippen LogP contribution < -0.4 is 20.3 Å². The number of nitriles is 2. The van der Waals surface area contributed by atoms with Crippen molar-refractivity contribution >= 4 is 28.4 Å². The van der Waals surface area contributed by atoms with Crippen molar-refractivity contribution in [2.75, 3.05) is 31.7 Å². The lowest BCUT2D eigenvalue weighted by molar-refractivity contribution is -0.173. The fourth-order valence-electron chi connectivity index (χ4n) is 6.59. The number of fused-ring (bicyclic) bond motifs is 2. The summed E-state index contributed by atoms with van der Waals surface area (Å²) in [6, 6.07) is 22.9. The molecule has 3 heterocycles. The van der Waals surface area contributed by atoms with Gasteiger partial charge in [-0.3, -0.25) is 9.59 Å². The number of alkyl halides is 3. The van der Waals surface area contributed by atoms with Crippen LogP contribution in [0.15, 0.2) is 66.7 Å². The predicted molar refractivity (Wildman–Crippen MR) is 172 cm³/mol. The van der Waals surface area contributed by atoms with E-state index in [1.807, 2.05) is 29.6 Å². The Balaban J connectivity index is 1.45. The second-order valence-electron chi connectivity index (χ2n) is 12.0. The molecule has 2 atom stereocenters. The molecule has 1 aromatic heterocycles. The van der Waals surface area contributed by atoms with Gasteiger partial charge >= 0.3 is 12.1 Å². The summed E-state index contributed by atoms with van der Waals surface area (Å²) in [5.74, 6) is -3.02. The lowest BCUT2D eigenvalue weighted by atomic mass is 9.76. The maximum absolute atomic E-state index is 15.0. The van der Waals surface area contributed by atoms with E-state index in [4.69, 9.17) is 14.6 Å². The third kappa shape index (κ3) is 6.53. The molecule has 1 spiro atoms. The Morgan fingerprint density at radius 3 is 2.51 bits per heavy atom. The van der Waals surface area contributed by atoms with Crippen LogP contribution in [0.3, 0.4) is 0 Å². The van der Waals surface area contributed by atoms with Gasteiger partial charge in [0.1, 0.15) is 17.4 Å². The topological polar surface area (TPSA) is 145 Å². The van der Waals surface area contributed by atoms with Crippen molar-refractivity contribution in [3.63, 3.8) is 0 Å². The van der Waals surface area contributed by atoms with Crippen LogP contribution in [0.2, 0.25) is 0 Å². The number of hydrogen-bond donors (Lipinski definition) is 2. The molecule has 2 N–H and O–H groups in total. The fraction of sp³-hybridized carbons (Fsp3) is 0.343. The minimum atomic E-state index is -5.06. The number of likely N-dealkylation sites (N-methyl/N-ethyl adjacent to an activating group) is 1. The number of anilines is 1. The van der Waals surface area contributed by atoms with E-state index in [0.717, 1.165) is 5.39 Å². The van der Waals surface area contributed by atoms with Gasteiger partial charge in [0.05, 0.1) is 65.5 Å². The second kappa shape index (κ2) is 13.6. The Hall–Kier alpha value is -5.44. The van der Waals surface area contributed by atoms with Gasteiger partial charge in [0, 0.05) is 36.9 Å². The van der Waals surface area contributed by atoms with Gasteiger partial charge in [-0.1, -0.05) is 30.3 Å². The highest BCUT2D eigenvalue weighted by Crippen LogP contribution is 2.46. The third-order valence-electron chi connectivity index (χ3n) is 9.15. The number of amides is 2. The van der Waals surface area contributed by atoms with Crippen LogP contribution in [0.4, 0.5) is 18.9 Å². The molecule has 14 heteroatoms. The Labute approximate surface area is 279 Å². The zero-order valence-electron chi connectivity index (χ0n) is 26.5. The van der Waals surface area contributed by atoms with Gasteiger partial charge in [-0.25, -0.2) is 4.68 Å². The highest BCUT2D eigenvalue weighted by molar-refractivity contribution is 5.99. The van der Waals surface area contributed by atoms with Crippen LogP contribution in [-0.2, 0) is 20.9 Å². The standard InChI is InChI=1S/C35H32F3N7O4/c1-41-24(20-42-33(47)35(36,37)38)17-26-32(46)44(30-11-10-22(18-39)16-31(30)49-34(26)12-14-48-15-13-34)21-27-25-7-3-5-9-29(25)45(43-27)28-8-4-2-6-23(28)19-40/h2-11,16,24,26,41H,12-15,17,20-21H2,1H3,(H,42,47)/t24-,26+/m0/s1. The molecule has 11 nitrogen and oxygen atoms in total. The molecule has 252 valence electrons. The first-order valence-corrected chi connectivity index (χ1v) is 15.7. The van der Waals surface area contributed by atoms with Crippen LogP contribution in [0.5, 0.6) is 5.75 Å². The van der Waals surface area contributed by atoms with Crippen molar-refractivity contribution in [2.45, 2.75) is 43.6 Å². The average molecular weight is 672 g/mol. The first-order chi connectivity index (χ1) is 23.6. The fourth-order valence-corrected chi connectivity index (χ4v) is 6.59. The predicted octanol–water partition coefficient (Wildman–Crippen LogP) is 4.52. The van der Waals surface area contributed by atoms with Gasteiger partial charge < -0.3 is 25.0 Å². The molecule has 2 aliphatic rings. The molecule has 3 aromatic carbocycles. The Kier molecular flexibility index (Phi) is 9.28. The smallest absolute Gasteiger partial charge is 0.471 e. The van der Waals surface area contributed by atoms with Crippen molar-refractivity contribution in [2.24, 2.45) is 5.92 Å². The summed E-state index contributed by atoms with van der Waals surface area (Å²) in [5, 5.41) is 30.1. The number of aromatic nitrogens is 2. The molecule has 2 amide bonds. The first-order valence-electron chi connectivity index (χ1n) is 15.7. The Bertz CT molecular complexity index is 1970. The number of nitrogens with zero attached hydrogens (tertiary/aromatic N) is 5. The van der Waals surface area contributed by atoms with E-state index in [1.165, 1.54) is 0 Å². The number of hydrogen-bond acceptors (Lipinski definition) is 8. The molecule has 1 fully saturated rings. The SMILES string of the molecule is CN[C@H](CNC(=O)C(F)(F)F)C[C@@H]1C(=O)N(Cc2nn(-c3ccccc3C#N)c3ccccc23)c2ccc(C#N)cc2OC12CCOCC2. The van der Waals surface area contributed by atoms with Crippen molar-refractivity contribution in [1.29, 1.82) is 10.5 Å². The lowest BCUT2D eigenvalue weighted by Gasteiger charge is -2.42. The molecule has 4 aromatic rings. The van der Waals surface area contributed by atoms with E-state index in [0.29, 0.717) is 52.3 Å². The molecule has 0 bridgehead atoms. The number of rotatable bonds is 8. The van der Waals surface area contributed by atoms with Crippen molar-refractivity contribution in [3.05, 3.63) is 83.6 Å². The molecular formula is C35H32F3N7O4. The van der Waals surface area contributed by atoms with Crippen molar-refractivity contribution in [3.8, 4) is 23.6 Å². The van der Waals surface area contributed by atoms with Gasteiger partial charge in [-0.2, -0.15) is 28.8 Å². The second-order valence-corrected chi connectivity index (χ2v) is 12.0. The Morgan fingerprint density at radius 1 is 1.06 bits per heavy atom. The van der Waals surface area contributed by atoms with E-state index in [1.54, 1.807) is 59.1 Å². The van der Waals surface area contributed by atoms with E-state index in [-0.39, 0.29) is 38.6 Å². The minimum absolute atomic E-state index is 0.0216. The van der Waals surface area contributed by atoms with E-state index >= 15 is 0 Å². The summed E-state index contributed by atoms with van der Waals surface area (Å²) < 4.78 is 53.1. The molecule has 0 saturated carbocycles. The number of nitrogens with one attached hydrogen (secondary N) is 2. The number of benzene rings is 3. The molecule has 2 aliphatic heterocycles. The summed E-state index contributed by atoms with van der Waals surface area (Å²) in [4.78, 5) is 28.2. The van der Waals surface area contributed by atoms with Crippen LogP contribution >= 0.6 is 0 Å². The van der Waals surface area contributed by atoms with Crippen molar-refractivity contribution < 1.29 is 32.2 Å². The average Bonchev–Trinajstić information content (AvgIpc) is 3.44. The van der Waals surface area contributed by atoms with Gasteiger partial charge in [-0.15, -0.1) is 0 Å². The quantitative estimate of drug-likeness (QED) is 0.278. The normalized spacial score (nSPS) is 17.8. The summed E-state index contributed by atoms with van der Waals surface area (Å²) >= 11 is 0. The summed E-state index contributed by atoms with van der Waals surface area (Å²) in [6.45, 7) is 0.143. The molecule has 1 saturated heterocycles. The minimum Gasteiger partial charge on any atom is -0.484 e. The number of halogens is 3. The zero-order chi connectivity index (χ0) is 34.8. The summed E-state index contributed by atoms with van der Waals surface area (Å²) in [5.41, 5.74) is 1.81. The highest BCUT2D eigenvalue weighted by Gasteiger charge is 2.51. The number of carbonyl (C=O) groups is 2. The molecule has 6 rings (SSSR count). The number of ether oxygens (including phenoxy) is 2. The van der Waals surface area contributed by atoms with Crippen LogP contribution in [0, 0.1) is 28.6 Å². The van der Waals surface area contributed by atoms with E-state index < -0.39 is 29.6 Å². The first kappa shape index (κ1) is 33.5. The van der Waals surface area contributed by atoms with Crippen LogP contribution in [0.25, 0.3) is 16.6 Å². The zero-order valence-corrected chi connectivity index (χ0v) is 26.5. The molecule has 0 aliphatic carbocycles. The van der Waals surface area contributed by atoms with Gasteiger partial charge in [0.2, 0.25) is 5.91 Å². The molecule has 0 unspecified atom stereocenters. The van der Waals surface area contributed by atoms with E-state index in [9.17, 15) is 33.3 Å². The molecule has 49 heavy (non-hydrogen) atoms. The lowest BCUT2D eigenvalue weighted by Crippen LogP contribution is -2.55. The number of carbonyl (C=O) groups excluding carboxylic acids is 2. The monoisotopic (exact) mass is 671 g/mol. The maximum atomic E-state index is 15.0. The highest BCUT2D eigenvalue weighted by atomic mass is 19.4. The van der Waals surface area contributed by atoms with Gasteiger partial charge in [0.25, 0.3) is 0 Å². The number of para-hydroxylation sites is 2. The third-order valence-corrected chi connectivity index (χ3v) is 9.15. The summed E-state index contributed by atoms with van der Waals surface area (Å²) in [7, 11) is 1.55. The van der Waals surface area contributed by atoms with Crippen molar-refractivity contribution in [1.82, 2.24) is 20.4 Å². The Morgan fingerprint density at radius 2 is 1.80 bits per heavy atom. The van der Waals surface area contributed by atoms with E-state index in [2.05, 4.69) is 17.5 Å². The molecular weight excluding hydrogens is 639 g/mol. The summed E-state index contributed by atoms with van der Waals surface area (Å²) in [6.07, 6.45) is -4.42. The van der Waals surface area contributed by atoms with Crippen LogP contribution in [0.1, 0.15) is 36.1 Å². The molecule has 0 radical (unpaired) electrons. The van der Waals surface area contributed by atoms with Gasteiger partial charge in [-0.05, 0) is 43.8 Å². The largest absolute Gasteiger partial charge is 0.484 e. The van der Waals surface area contributed by atoms with Gasteiger partial charge in [0.15, 0.2) is 0 Å². The maximum Gasteiger partial charge on any atom is 0.471 e. The van der Waals surface area contributed by atoms with Crippen LogP contribution in [-0.4, -0.2) is 66.2 Å².